The first kappa shape index (κ1) is 21.0. The standard InChI is InChI=1S/C17H22ClN5O3S/c1-3-11(4-2)23-14(9-26-13-8-6-5-7-12(13)18)21-22-17(23)27-10-15(24)20-16(19)25/h5-8,11H,3-4,9-10H2,1-2H3,(H3,19,20,24,25). The summed E-state index contributed by atoms with van der Waals surface area (Å²) >= 11 is 7.31. The van der Waals surface area contributed by atoms with E-state index in [9.17, 15) is 9.59 Å². The van der Waals surface area contributed by atoms with E-state index in [0.29, 0.717) is 21.8 Å². The molecule has 0 atom stereocenters. The number of halogens is 1. The van der Waals surface area contributed by atoms with Gasteiger partial charge in [-0.2, -0.15) is 0 Å². The third-order valence-electron chi connectivity index (χ3n) is 3.83. The van der Waals surface area contributed by atoms with Crippen molar-refractivity contribution in [1.29, 1.82) is 0 Å². The number of aromatic nitrogens is 3. The summed E-state index contributed by atoms with van der Waals surface area (Å²) in [6.07, 6.45) is 1.74. The number of carbonyl (C=O) groups excluding carboxylic acids is 2. The zero-order valence-electron chi connectivity index (χ0n) is 15.1. The molecule has 2 aromatic rings. The number of nitrogens with one attached hydrogen (secondary N) is 1. The van der Waals surface area contributed by atoms with Crippen LogP contribution in [-0.2, 0) is 11.4 Å². The minimum Gasteiger partial charge on any atom is -0.484 e. The van der Waals surface area contributed by atoms with E-state index in [4.69, 9.17) is 22.1 Å². The maximum Gasteiger partial charge on any atom is 0.318 e. The summed E-state index contributed by atoms with van der Waals surface area (Å²) in [7, 11) is 0. The van der Waals surface area contributed by atoms with Crippen LogP contribution in [0, 0.1) is 0 Å². The number of primary amides is 1. The Morgan fingerprint density at radius 1 is 1.30 bits per heavy atom. The van der Waals surface area contributed by atoms with Crippen LogP contribution in [0.5, 0.6) is 5.75 Å². The van der Waals surface area contributed by atoms with Crippen molar-refractivity contribution < 1.29 is 14.3 Å². The van der Waals surface area contributed by atoms with E-state index >= 15 is 0 Å². The third-order valence-corrected chi connectivity index (χ3v) is 5.09. The maximum absolute atomic E-state index is 11.7. The number of hydrogen-bond donors (Lipinski definition) is 2. The number of ether oxygens (including phenoxy) is 1. The molecule has 0 bridgehead atoms. The highest BCUT2D eigenvalue weighted by Gasteiger charge is 2.20. The molecule has 146 valence electrons. The first-order valence-electron chi connectivity index (χ1n) is 8.49. The summed E-state index contributed by atoms with van der Waals surface area (Å²) in [6, 6.07) is 6.48. The highest BCUT2D eigenvalue weighted by atomic mass is 35.5. The van der Waals surface area contributed by atoms with Crippen LogP contribution in [0.3, 0.4) is 0 Å². The molecule has 0 spiro atoms. The molecule has 0 aliphatic carbocycles. The molecular weight excluding hydrogens is 390 g/mol. The van der Waals surface area contributed by atoms with Crippen LogP contribution in [0.25, 0.3) is 0 Å². The summed E-state index contributed by atoms with van der Waals surface area (Å²) in [5.74, 6) is 0.724. The predicted octanol–water partition coefficient (Wildman–Crippen LogP) is 3.16. The molecule has 0 fully saturated rings. The van der Waals surface area contributed by atoms with E-state index in [-0.39, 0.29) is 18.4 Å². The number of nitrogens with zero attached hydrogens (tertiary/aromatic N) is 3. The topological polar surface area (TPSA) is 112 Å². The second-order valence-corrected chi connectivity index (χ2v) is 7.01. The van der Waals surface area contributed by atoms with Crippen molar-refractivity contribution in [2.45, 2.75) is 44.5 Å². The molecule has 2 rings (SSSR count). The Morgan fingerprint density at radius 3 is 2.63 bits per heavy atom. The fourth-order valence-corrected chi connectivity index (χ4v) is 3.55. The van der Waals surface area contributed by atoms with Gasteiger partial charge in [0, 0.05) is 6.04 Å². The monoisotopic (exact) mass is 411 g/mol. The van der Waals surface area contributed by atoms with E-state index in [1.807, 2.05) is 22.0 Å². The maximum atomic E-state index is 11.7. The van der Waals surface area contributed by atoms with Crippen LogP contribution in [0.15, 0.2) is 29.4 Å². The first-order chi connectivity index (χ1) is 13.0. The number of urea groups is 1. The Morgan fingerprint density at radius 2 is 2.00 bits per heavy atom. The number of carbonyl (C=O) groups is 2. The Kier molecular flexibility index (Phi) is 7.93. The summed E-state index contributed by atoms with van der Waals surface area (Å²) in [4.78, 5) is 22.4. The molecule has 1 heterocycles. The lowest BCUT2D eigenvalue weighted by molar-refractivity contribution is -0.117. The highest BCUT2D eigenvalue weighted by molar-refractivity contribution is 7.99. The minimum absolute atomic E-state index is 0.00654. The van der Waals surface area contributed by atoms with Gasteiger partial charge in [-0.3, -0.25) is 10.1 Å². The number of nitrogens with two attached hydrogens (primary N) is 1. The second kappa shape index (κ2) is 10.2. The predicted molar refractivity (Wildman–Crippen MR) is 104 cm³/mol. The SMILES string of the molecule is CCC(CC)n1c(COc2ccccc2Cl)nnc1SCC(=O)NC(N)=O. The van der Waals surface area contributed by atoms with Crippen LogP contribution >= 0.6 is 23.4 Å². The van der Waals surface area contributed by atoms with Crippen molar-refractivity contribution in [2.75, 3.05) is 5.75 Å². The molecular formula is C17H22ClN5O3S. The zero-order chi connectivity index (χ0) is 19.8. The number of imide groups is 1. The molecule has 10 heteroatoms. The number of hydrogen-bond acceptors (Lipinski definition) is 6. The summed E-state index contributed by atoms with van der Waals surface area (Å²) in [6.45, 7) is 4.34. The largest absolute Gasteiger partial charge is 0.484 e. The average Bonchev–Trinajstić information content (AvgIpc) is 3.03. The summed E-state index contributed by atoms with van der Waals surface area (Å²) < 4.78 is 7.76. The number of rotatable bonds is 9. The zero-order valence-corrected chi connectivity index (χ0v) is 16.7. The normalized spacial score (nSPS) is 10.8. The third kappa shape index (κ3) is 5.86. The van der Waals surface area contributed by atoms with Crippen molar-refractivity contribution in [3.63, 3.8) is 0 Å². The van der Waals surface area contributed by atoms with Gasteiger partial charge in [0.15, 0.2) is 11.0 Å². The number of amides is 3. The quantitative estimate of drug-likeness (QED) is 0.613. The molecule has 0 radical (unpaired) electrons. The molecule has 0 unspecified atom stereocenters. The molecule has 3 N–H and O–H groups in total. The molecule has 1 aromatic carbocycles. The molecule has 3 amide bonds. The van der Waals surface area contributed by atoms with E-state index in [2.05, 4.69) is 24.0 Å². The lowest BCUT2D eigenvalue weighted by Gasteiger charge is -2.19. The van der Waals surface area contributed by atoms with Crippen LogP contribution < -0.4 is 15.8 Å². The summed E-state index contributed by atoms with van der Waals surface area (Å²) in [5, 5.41) is 11.5. The summed E-state index contributed by atoms with van der Waals surface area (Å²) in [5.41, 5.74) is 4.95. The Bertz CT molecular complexity index is 795. The van der Waals surface area contributed by atoms with E-state index in [1.54, 1.807) is 12.1 Å². The van der Waals surface area contributed by atoms with Gasteiger partial charge >= 0.3 is 6.03 Å². The second-order valence-electron chi connectivity index (χ2n) is 5.66. The van der Waals surface area contributed by atoms with Crippen LogP contribution in [-0.4, -0.2) is 32.5 Å². The van der Waals surface area contributed by atoms with Gasteiger partial charge in [-0.1, -0.05) is 49.3 Å². The number of para-hydroxylation sites is 1. The van der Waals surface area contributed by atoms with Crippen molar-refractivity contribution in [1.82, 2.24) is 20.1 Å². The fourth-order valence-electron chi connectivity index (χ4n) is 2.53. The smallest absolute Gasteiger partial charge is 0.318 e. The van der Waals surface area contributed by atoms with Crippen molar-refractivity contribution in [2.24, 2.45) is 5.73 Å². The van der Waals surface area contributed by atoms with Gasteiger partial charge < -0.3 is 15.0 Å². The molecule has 0 saturated heterocycles. The molecule has 0 aliphatic rings. The highest BCUT2D eigenvalue weighted by Crippen LogP contribution is 2.28. The Balaban J connectivity index is 2.16. The molecule has 1 aromatic heterocycles. The number of benzene rings is 1. The molecule has 0 saturated carbocycles. The molecule has 27 heavy (non-hydrogen) atoms. The van der Waals surface area contributed by atoms with Gasteiger partial charge in [0.2, 0.25) is 5.91 Å². The van der Waals surface area contributed by atoms with E-state index in [0.717, 1.165) is 12.8 Å². The van der Waals surface area contributed by atoms with Gasteiger partial charge in [0.05, 0.1) is 10.8 Å². The van der Waals surface area contributed by atoms with E-state index < -0.39 is 11.9 Å². The average molecular weight is 412 g/mol. The lowest BCUT2D eigenvalue weighted by Crippen LogP contribution is -2.36. The lowest BCUT2D eigenvalue weighted by atomic mass is 10.2. The fraction of sp³-hybridized carbons (Fsp3) is 0.412. The van der Waals surface area contributed by atoms with Crippen LogP contribution in [0.4, 0.5) is 4.79 Å². The van der Waals surface area contributed by atoms with Gasteiger partial charge in [-0.05, 0) is 25.0 Å². The van der Waals surface area contributed by atoms with Crippen LogP contribution in [0.1, 0.15) is 38.6 Å². The van der Waals surface area contributed by atoms with Crippen molar-refractivity contribution in [3.05, 3.63) is 35.1 Å². The van der Waals surface area contributed by atoms with Crippen molar-refractivity contribution >= 4 is 35.3 Å². The van der Waals surface area contributed by atoms with Gasteiger partial charge in [-0.25, -0.2) is 4.79 Å². The minimum atomic E-state index is -0.879. The Hall–Kier alpha value is -2.26. The van der Waals surface area contributed by atoms with Gasteiger partial charge in [0.1, 0.15) is 12.4 Å². The van der Waals surface area contributed by atoms with E-state index in [1.165, 1.54) is 11.8 Å². The van der Waals surface area contributed by atoms with Gasteiger partial charge in [0.25, 0.3) is 0 Å². The van der Waals surface area contributed by atoms with Crippen molar-refractivity contribution in [3.8, 4) is 5.75 Å². The number of thioether (sulfide) groups is 1. The van der Waals surface area contributed by atoms with Gasteiger partial charge in [-0.15, -0.1) is 10.2 Å². The first-order valence-corrected chi connectivity index (χ1v) is 9.85. The molecule has 8 nitrogen and oxygen atoms in total. The Labute approximate surface area is 166 Å². The molecule has 0 aliphatic heterocycles. The van der Waals surface area contributed by atoms with Crippen LogP contribution in [0.2, 0.25) is 5.02 Å².